The molecule has 0 fully saturated rings. The van der Waals surface area contributed by atoms with E-state index in [0.29, 0.717) is 28.2 Å². The number of aryl methyl sites for hydroxylation is 2. The van der Waals surface area contributed by atoms with Gasteiger partial charge in [-0.1, -0.05) is 39.0 Å². The lowest BCUT2D eigenvalue weighted by atomic mass is 9.85. The quantitative estimate of drug-likeness (QED) is 0.328. The summed E-state index contributed by atoms with van der Waals surface area (Å²) in [6.45, 7) is 9.90. The highest BCUT2D eigenvalue weighted by atomic mass is 16.2. The SMILES string of the molecule is Cc1cccc(N(C)C(=O)c2ccc(-c3cc(NC(=O)c4cc(C#N)cc(C(C)(C)C)c4)cnc3C)cc2)n1. The van der Waals surface area contributed by atoms with E-state index in [1.807, 2.05) is 77.1 Å². The lowest BCUT2D eigenvalue weighted by molar-refractivity contribution is 0.0990. The number of hydrogen-bond donors (Lipinski definition) is 1. The van der Waals surface area contributed by atoms with Gasteiger partial charge in [-0.3, -0.25) is 19.5 Å². The Morgan fingerprint density at radius 2 is 1.67 bits per heavy atom. The molecule has 4 aromatic rings. The standard InChI is InChI=1S/C32H31N5O2/c1-20-8-7-9-29(35-20)37(6)31(39)24-12-10-23(11-13-24)28-17-27(19-34-21(28)2)36-30(38)25-14-22(18-33)15-26(16-25)32(3,4)5/h7-17,19H,1-6H3,(H,36,38). The van der Waals surface area contributed by atoms with Crippen LogP contribution in [0, 0.1) is 25.2 Å². The number of anilines is 2. The Morgan fingerprint density at radius 3 is 2.31 bits per heavy atom. The van der Waals surface area contributed by atoms with Crippen molar-refractivity contribution in [1.82, 2.24) is 9.97 Å². The maximum Gasteiger partial charge on any atom is 0.259 e. The highest BCUT2D eigenvalue weighted by Gasteiger charge is 2.19. The van der Waals surface area contributed by atoms with E-state index in [1.54, 1.807) is 37.5 Å². The zero-order valence-electron chi connectivity index (χ0n) is 23.0. The molecule has 7 heteroatoms. The molecule has 0 aliphatic carbocycles. The van der Waals surface area contributed by atoms with Crippen LogP contribution in [0.2, 0.25) is 0 Å². The molecule has 0 unspecified atom stereocenters. The van der Waals surface area contributed by atoms with E-state index in [1.165, 1.54) is 4.90 Å². The third-order valence-electron chi connectivity index (χ3n) is 6.50. The van der Waals surface area contributed by atoms with Crippen LogP contribution in [0.5, 0.6) is 0 Å². The van der Waals surface area contributed by atoms with Crippen molar-refractivity contribution in [2.45, 2.75) is 40.0 Å². The van der Waals surface area contributed by atoms with Crippen molar-refractivity contribution in [3.63, 3.8) is 0 Å². The molecule has 7 nitrogen and oxygen atoms in total. The molecule has 0 saturated carbocycles. The van der Waals surface area contributed by atoms with Crippen molar-refractivity contribution in [2.24, 2.45) is 0 Å². The highest BCUT2D eigenvalue weighted by Crippen LogP contribution is 2.28. The van der Waals surface area contributed by atoms with Crippen molar-refractivity contribution in [2.75, 3.05) is 17.3 Å². The van der Waals surface area contributed by atoms with Crippen molar-refractivity contribution < 1.29 is 9.59 Å². The summed E-state index contributed by atoms with van der Waals surface area (Å²) in [5, 5.41) is 12.4. The molecule has 2 amide bonds. The van der Waals surface area contributed by atoms with E-state index < -0.39 is 0 Å². The van der Waals surface area contributed by atoms with E-state index in [4.69, 9.17) is 0 Å². The molecule has 0 radical (unpaired) electrons. The molecule has 0 atom stereocenters. The first-order chi connectivity index (χ1) is 18.5. The lowest BCUT2D eigenvalue weighted by Crippen LogP contribution is -2.27. The van der Waals surface area contributed by atoms with Gasteiger partial charge < -0.3 is 5.32 Å². The minimum atomic E-state index is -0.317. The zero-order chi connectivity index (χ0) is 28.3. The Bertz CT molecular complexity index is 1590. The van der Waals surface area contributed by atoms with Crippen LogP contribution in [0.25, 0.3) is 11.1 Å². The number of nitriles is 1. The molecule has 2 heterocycles. The third kappa shape index (κ3) is 6.19. The summed E-state index contributed by atoms with van der Waals surface area (Å²) in [6, 6.07) is 22.1. The number of pyridine rings is 2. The summed E-state index contributed by atoms with van der Waals surface area (Å²) >= 11 is 0. The fraction of sp³-hybridized carbons (Fsp3) is 0.219. The highest BCUT2D eigenvalue weighted by molar-refractivity contribution is 6.06. The summed E-state index contributed by atoms with van der Waals surface area (Å²) in [5.74, 6) is 0.107. The third-order valence-corrected chi connectivity index (χ3v) is 6.50. The Hall–Kier alpha value is -4.83. The topological polar surface area (TPSA) is 99.0 Å². The van der Waals surface area contributed by atoms with Crippen LogP contribution in [0.15, 0.2) is 72.9 Å². The molecule has 0 aliphatic heterocycles. The summed E-state index contributed by atoms with van der Waals surface area (Å²) < 4.78 is 0. The Morgan fingerprint density at radius 1 is 0.949 bits per heavy atom. The first kappa shape index (κ1) is 27.2. The Balaban J connectivity index is 1.56. The van der Waals surface area contributed by atoms with Crippen LogP contribution in [-0.2, 0) is 5.41 Å². The fourth-order valence-corrected chi connectivity index (χ4v) is 4.16. The first-order valence-electron chi connectivity index (χ1n) is 12.6. The molecule has 39 heavy (non-hydrogen) atoms. The van der Waals surface area contributed by atoms with Crippen molar-refractivity contribution in [3.8, 4) is 17.2 Å². The number of amides is 2. The molecule has 0 spiro atoms. The van der Waals surface area contributed by atoms with Gasteiger partial charge in [0.2, 0.25) is 0 Å². The summed E-state index contributed by atoms with van der Waals surface area (Å²) in [7, 11) is 1.70. The molecule has 2 aromatic heterocycles. The van der Waals surface area contributed by atoms with Gasteiger partial charge in [0, 0.05) is 35.1 Å². The average Bonchev–Trinajstić information content (AvgIpc) is 2.92. The minimum absolute atomic E-state index is 0.162. The van der Waals surface area contributed by atoms with Crippen LogP contribution in [-0.4, -0.2) is 28.8 Å². The van der Waals surface area contributed by atoms with Gasteiger partial charge in [-0.2, -0.15) is 5.26 Å². The number of hydrogen-bond acceptors (Lipinski definition) is 5. The molecule has 1 N–H and O–H groups in total. The van der Waals surface area contributed by atoms with Crippen molar-refractivity contribution in [1.29, 1.82) is 5.26 Å². The smallest absolute Gasteiger partial charge is 0.259 e. The largest absolute Gasteiger partial charge is 0.321 e. The van der Waals surface area contributed by atoms with E-state index in [-0.39, 0.29) is 17.2 Å². The van der Waals surface area contributed by atoms with Gasteiger partial charge in [0.05, 0.1) is 23.5 Å². The minimum Gasteiger partial charge on any atom is -0.321 e. The number of rotatable bonds is 5. The molecule has 4 rings (SSSR count). The first-order valence-corrected chi connectivity index (χ1v) is 12.6. The van der Waals surface area contributed by atoms with Crippen LogP contribution >= 0.6 is 0 Å². The van der Waals surface area contributed by atoms with Crippen LogP contribution in [0.3, 0.4) is 0 Å². The van der Waals surface area contributed by atoms with Crippen LogP contribution in [0.4, 0.5) is 11.5 Å². The summed E-state index contributed by atoms with van der Waals surface area (Å²) in [6.07, 6.45) is 1.61. The van der Waals surface area contributed by atoms with Crippen molar-refractivity contribution >= 4 is 23.3 Å². The predicted molar refractivity (Wildman–Crippen MR) is 154 cm³/mol. The fourth-order valence-electron chi connectivity index (χ4n) is 4.16. The second-order valence-electron chi connectivity index (χ2n) is 10.6. The van der Waals surface area contributed by atoms with Crippen molar-refractivity contribution in [3.05, 3.63) is 107 Å². The van der Waals surface area contributed by atoms with Gasteiger partial charge in [0.25, 0.3) is 11.8 Å². The summed E-state index contributed by atoms with van der Waals surface area (Å²) in [4.78, 5) is 36.6. The maximum absolute atomic E-state index is 13.1. The normalized spacial score (nSPS) is 11.0. The summed E-state index contributed by atoms with van der Waals surface area (Å²) in [5.41, 5.74) is 5.95. The molecule has 0 aliphatic rings. The van der Waals surface area contributed by atoms with Gasteiger partial charge in [-0.05, 0) is 78.9 Å². The molecular formula is C32H31N5O2. The van der Waals surface area contributed by atoms with Gasteiger partial charge in [0.15, 0.2) is 0 Å². The number of carbonyl (C=O) groups excluding carboxylic acids is 2. The van der Waals surface area contributed by atoms with E-state index in [9.17, 15) is 14.9 Å². The molecule has 2 aromatic carbocycles. The molecule has 0 saturated heterocycles. The monoisotopic (exact) mass is 517 g/mol. The molecular weight excluding hydrogens is 486 g/mol. The van der Waals surface area contributed by atoms with Gasteiger partial charge in [0.1, 0.15) is 5.82 Å². The van der Waals surface area contributed by atoms with Crippen LogP contribution in [0.1, 0.15) is 64.0 Å². The maximum atomic E-state index is 13.1. The van der Waals surface area contributed by atoms with Crippen LogP contribution < -0.4 is 10.2 Å². The Kier molecular flexibility index (Phi) is 7.59. The van der Waals surface area contributed by atoms with Gasteiger partial charge in [-0.15, -0.1) is 0 Å². The second kappa shape index (κ2) is 10.9. The number of carbonyl (C=O) groups is 2. The molecule has 196 valence electrons. The van der Waals surface area contributed by atoms with E-state index >= 15 is 0 Å². The van der Waals surface area contributed by atoms with E-state index in [0.717, 1.165) is 28.1 Å². The Labute approximate surface area is 229 Å². The second-order valence-corrected chi connectivity index (χ2v) is 10.6. The predicted octanol–water partition coefficient (Wildman–Crippen LogP) is 6.46. The number of nitrogens with one attached hydrogen (secondary N) is 1. The van der Waals surface area contributed by atoms with Gasteiger partial charge in [-0.25, -0.2) is 4.98 Å². The average molecular weight is 518 g/mol. The molecule has 0 bridgehead atoms. The number of aromatic nitrogens is 2. The number of benzene rings is 2. The zero-order valence-corrected chi connectivity index (χ0v) is 23.0. The van der Waals surface area contributed by atoms with E-state index in [2.05, 4.69) is 21.4 Å². The lowest BCUT2D eigenvalue weighted by Gasteiger charge is -2.20. The number of nitrogens with zero attached hydrogens (tertiary/aromatic N) is 4. The van der Waals surface area contributed by atoms with Gasteiger partial charge >= 0.3 is 0 Å².